The van der Waals surface area contributed by atoms with E-state index in [1.165, 1.54) is 0 Å². The van der Waals surface area contributed by atoms with Crippen LogP contribution in [0.4, 0.5) is 0 Å². The fourth-order valence-electron chi connectivity index (χ4n) is 1.46. The Morgan fingerprint density at radius 1 is 1.60 bits per heavy atom. The number of ether oxygens (including phenoxy) is 2. The molecule has 1 aromatic rings. The molecule has 0 spiro atoms. The van der Waals surface area contributed by atoms with Crippen LogP contribution >= 0.6 is 0 Å². The van der Waals surface area contributed by atoms with Crippen LogP contribution in [0.5, 0.6) is 5.75 Å². The third-order valence-electron chi connectivity index (χ3n) is 2.36. The maximum atomic E-state index is 8.56. The predicted molar refractivity (Wildman–Crippen MR) is 53.4 cm³/mol. The minimum absolute atomic E-state index is 0.409. The molecule has 1 aliphatic heterocycles. The molecule has 0 saturated carbocycles. The molecule has 1 saturated heterocycles. The van der Waals surface area contributed by atoms with Gasteiger partial charge in [-0.25, -0.2) is 4.98 Å². The quantitative estimate of drug-likeness (QED) is 0.746. The fraction of sp³-hybridized carbons (Fsp3) is 0.455. The molecule has 4 heteroatoms. The number of hydrogen-bond donors (Lipinski definition) is 0. The summed E-state index contributed by atoms with van der Waals surface area (Å²) in [5.74, 6) is 1.20. The zero-order chi connectivity index (χ0) is 10.5. The van der Waals surface area contributed by atoms with Gasteiger partial charge in [-0.3, -0.25) is 0 Å². The third kappa shape index (κ3) is 2.67. The second-order valence-electron chi connectivity index (χ2n) is 3.53. The van der Waals surface area contributed by atoms with Crippen LogP contribution in [0.25, 0.3) is 0 Å². The second-order valence-corrected chi connectivity index (χ2v) is 3.53. The molecule has 0 N–H and O–H groups in total. The van der Waals surface area contributed by atoms with E-state index < -0.39 is 0 Å². The van der Waals surface area contributed by atoms with E-state index >= 15 is 0 Å². The molecule has 1 fully saturated rings. The Morgan fingerprint density at radius 2 is 2.53 bits per heavy atom. The molecule has 0 aliphatic carbocycles. The molecule has 1 aliphatic rings. The van der Waals surface area contributed by atoms with E-state index in [0.29, 0.717) is 24.0 Å². The van der Waals surface area contributed by atoms with Gasteiger partial charge >= 0.3 is 0 Å². The first-order valence-electron chi connectivity index (χ1n) is 4.95. The molecular weight excluding hydrogens is 192 g/mol. The number of rotatable bonds is 3. The highest BCUT2D eigenvalue weighted by molar-refractivity contribution is 5.26. The fourth-order valence-corrected chi connectivity index (χ4v) is 1.46. The minimum Gasteiger partial charge on any atom is -0.492 e. The van der Waals surface area contributed by atoms with Crippen molar-refractivity contribution in [3.05, 3.63) is 24.0 Å². The summed E-state index contributed by atoms with van der Waals surface area (Å²) in [6.07, 6.45) is 2.64. The maximum Gasteiger partial charge on any atom is 0.140 e. The Balaban J connectivity index is 1.85. The Hall–Kier alpha value is -1.60. The lowest BCUT2D eigenvalue weighted by Gasteiger charge is -2.09. The van der Waals surface area contributed by atoms with E-state index in [-0.39, 0.29) is 0 Å². The van der Waals surface area contributed by atoms with E-state index in [1.54, 1.807) is 18.3 Å². The van der Waals surface area contributed by atoms with Gasteiger partial charge in [-0.05, 0) is 18.6 Å². The van der Waals surface area contributed by atoms with Gasteiger partial charge in [0.05, 0.1) is 19.4 Å². The molecule has 0 radical (unpaired) electrons. The first kappa shape index (κ1) is 9.94. The van der Waals surface area contributed by atoms with E-state index in [1.807, 2.05) is 6.07 Å². The van der Waals surface area contributed by atoms with E-state index in [4.69, 9.17) is 14.7 Å². The summed E-state index contributed by atoms with van der Waals surface area (Å²) in [5, 5.41) is 8.56. The third-order valence-corrected chi connectivity index (χ3v) is 2.36. The van der Waals surface area contributed by atoms with Crippen molar-refractivity contribution in [2.45, 2.75) is 6.42 Å². The zero-order valence-corrected chi connectivity index (χ0v) is 8.35. The normalized spacial score (nSPS) is 19.8. The summed E-state index contributed by atoms with van der Waals surface area (Å²) >= 11 is 0. The van der Waals surface area contributed by atoms with Gasteiger partial charge in [-0.1, -0.05) is 0 Å². The molecule has 1 aromatic heterocycles. The van der Waals surface area contributed by atoms with Crippen LogP contribution < -0.4 is 4.74 Å². The van der Waals surface area contributed by atoms with E-state index in [2.05, 4.69) is 4.98 Å². The molecule has 1 atom stereocenters. The van der Waals surface area contributed by atoms with Crippen molar-refractivity contribution in [1.82, 2.24) is 4.98 Å². The molecule has 4 nitrogen and oxygen atoms in total. The summed E-state index contributed by atoms with van der Waals surface area (Å²) < 4.78 is 10.8. The standard InChI is InChI=1S/C11H12N2O2/c12-5-10-1-2-11(6-13-10)15-8-9-3-4-14-7-9/h1-2,6,9H,3-4,7-8H2. The van der Waals surface area contributed by atoms with Gasteiger partial charge in [0.2, 0.25) is 0 Å². The summed E-state index contributed by atoms with van der Waals surface area (Å²) in [6, 6.07) is 5.38. The van der Waals surface area contributed by atoms with Gasteiger partial charge < -0.3 is 9.47 Å². The zero-order valence-electron chi connectivity index (χ0n) is 8.35. The van der Waals surface area contributed by atoms with Gasteiger partial charge in [0.1, 0.15) is 17.5 Å². The van der Waals surface area contributed by atoms with E-state index in [0.717, 1.165) is 19.6 Å². The van der Waals surface area contributed by atoms with Gasteiger partial charge in [0, 0.05) is 12.5 Å². The van der Waals surface area contributed by atoms with Crippen LogP contribution in [0, 0.1) is 17.2 Å². The minimum atomic E-state index is 0.409. The van der Waals surface area contributed by atoms with Crippen LogP contribution in [-0.2, 0) is 4.74 Å². The Bertz CT molecular complexity index is 350. The molecule has 78 valence electrons. The van der Waals surface area contributed by atoms with Gasteiger partial charge in [-0.2, -0.15) is 5.26 Å². The van der Waals surface area contributed by atoms with Gasteiger partial charge in [0.15, 0.2) is 0 Å². The highest BCUT2D eigenvalue weighted by Crippen LogP contribution is 2.15. The molecule has 2 heterocycles. The second kappa shape index (κ2) is 4.76. The molecule has 1 unspecified atom stereocenters. The number of aromatic nitrogens is 1. The monoisotopic (exact) mass is 204 g/mol. The highest BCUT2D eigenvalue weighted by Gasteiger charge is 2.16. The van der Waals surface area contributed by atoms with Crippen LogP contribution in [0.1, 0.15) is 12.1 Å². The van der Waals surface area contributed by atoms with Crippen molar-refractivity contribution in [2.75, 3.05) is 19.8 Å². The largest absolute Gasteiger partial charge is 0.492 e. The average Bonchev–Trinajstić information content (AvgIpc) is 2.80. The molecule has 0 aromatic carbocycles. The molecule has 0 amide bonds. The first-order valence-corrected chi connectivity index (χ1v) is 4.95. The summed E-state index contributed by atoms with van der Waals surface area (Å²) in [7, 11) is 0. The lowest BCUT2D eigenvalue weighted by Crippen LogP contribution is -2.11. The van der Waals surface area contributed by atoms with Gasteiger partial charge in [-0.15, -0.1) is 0 Å². The number of pyridine rings is 1. The first-order chi connectivity index (χ1) is 7.38. The van der Waals surface area contributed by atoms with Crippen molar-refractivity contribution in [2.24, 2.45) is 5.92 Å². The maximum absolute atomic E-state index is 8.56. The lowest BCUT2D eigenvalue weighted by molar-refractivity contribution is 0.167. The smallest absolute Gasteiger partial charge is 0.140 e. The van der Waals surface area contributed by atoms with E-state index in [9.17, 15) is 0 Å². The predicted octanol–water partition coefficient (Wildman–Crippen LogP) is 1.37. The summed E-state index contributed by atoms with van der Waals surface area (Å²) in [5.41, 5.74) is 0.409. The SMILES string of the molecule is N#Cc1ccc(OCC2CCOC2)cn1. The van der Waals surface area contributed by atoms with Crippen molar-refractivity contribution < 1.29 is 9.47 Å². The topological polar surface area (TPSA) is 55.1 Å². The molecular formula is C11H12N2O2. The van der Waals surface area contributed by atoms with Gasteiger partial charge in [0.25, 0.3) is 0 Å². The van der Waals surface area contributed by atoms with Crippen molar-refractivity contribution in [3.8, 4) is 11.8 Å². The van der Waals surface area contributed by atoms with Crippen LogP contribution in [-0.4, -0.2) is 24.8 Å². The molecule has 15 heavy (non-hydrogen) atoms. The average molecular weight is 204 g/mol. The van der Waals surface area contributed by atoms with Crippen LogP contribution in [0.3, 0.4) is 0 Å². The Labute approximate surface area is 88.5 Å². The summed E-state index contributed by atoms with van der Waals surface area (Å²) in [4.78, 5) is 3.93. The summed E-state index contributed by atoms with van der Waals surface area (Å²) in [6.45, 7) is 2.27. The lowest BCUT2D eigenvalue weighted by atomic mass is 10.1. The Morgan fingerprint density at radius 3 is 3.13 bits per heavy atom. The number of nitrogens with zero attached hydrogens (tertiary/aromatic N) is 2. The molecule has 0 bridgehead atoms. The van der Waals surface area contributed by atoms with Crippen LogP contribution in [0.15, 0.2) is 18.3 Å². The van der Waals surface area contributed by atoms with Crippen molar-refractivity contribution in [3.63, 3.8) is 0 Å². The number of hydrogen-bond acceptors (Lipinski definition) is 4. The van der Waals surface area contributed by atoms with Crippen LogP contribution in [0.2, 0.25) is 0 Å². The number of nitriles is 1. The van der Waals surface area contributed by atoms with Crippen molar-refractivity contribution in [1.29, 1.82) is 5.26 Å². The van der Waals surface area contributed by atoms with Crippen molar-refractivity contribution >= 4 is 0 Å². The highest BCUT2D eigenvalue weighted by atomic mass is 16.5. The molecule has 2 rings (SSSR count). The Kier molecular flexibility index (Phi) is 3.15.